The third-order valence-corrected chi connectivity index (χ3v) is 5.49. The lowest BCUT2D eigenvalue weighted by atomic mass is 9.90. The summed E-state index contributed by atoms with van der Waals surface area (Å²) < 4.78 is 5.92. The molecular weight excluding hydrogens is 374 g/mol. The first-order chi connectivity index (χ1) is 14.2. The number of nitrogens with two attached hydrogens (primary N) is 1. The molecule has 1 aromatic heterocycles. The van der Waals surface area contributed by atoms with Crippen LogP contribution in [0.3, 0.4) is 0 Å². The van der Waals surface area contributed by atoms with E-state index in [9.17, 15) is 4.79 Å². The van der Waals surface area contributed by atoms with Gasteiger partial charge in [0.15, 0.2) is 0 Å². The molecule has 2 aromatic carbocycles. The van der Waals surface area contributed by atoms with Gasteiger partial charge >= 0.3 is 0 Å². The number of hydrogen-bond acceptors (Lipinski definition) is 4. The first-order valence-electron chi connectivity index (χ1n) is 10.2. The zero-order chi connectivity index (χ0) is 21.8. The Bertz CT molecular complexity index is 1030. The first kappa shape index (κ1) is 21.4. The molecule has 0 saturated carbocycles. The SMILES string of the molecule is Cc1cc(C(=O)Nc2ccc(Oc3ccc(C(C)C(C)C)cc3)cc2)c(N)nc1C. The number of pyridine rings is 1. The van der Waals surface area contributed by atoms with Crippen LogP contribution in [0, 0.1) is 19.8 Å². The van der Waals surface area contributed by atoms with Gasteiger partial charge in [-0.1, -0.05) is 32.9 Å². The largest absolute Gasteiger partial charge is 0.457 e. The summed E-state index contributed by atoms with van der Waals surface area (Å²) in [5.41, 5.74) is 9.98. The highest BCUT2D eigenvalue weighted by atomic mass is 16.5. The van der Waals surface area contributed by atoms with Crippen molar-refractivity contribution in [2.45, 2.75) is 40.5 Å². The summed E-state index contributed by atoms with van der Waals surface area (Å²) in [4.78, 5) is 16.8. The molecule has 0 aliphatic rings. The summed E-state index contributed by atoms with van der Waals surface area (Å²) in [7, 11) is 0. The molecule has 1 unspecified atom stereocenters. The molecule has 0 aliphatic heterocycles. The molecule has 5 nitrogen and oxygen atoms in total. The van der Waals surface area contributed by atoms with Gasteiger partial charge in [0.05, 0.1) is 5.56 Å². The van der Waals surface area contributed by atoms with Gasteiger partial charge < -0.3 is 15.8 Å². The second-order valence-corrected chi connectivity index (χ2v) is 8.01. The Morgan fingerprint density at radius 2 is 1.53 bits per heavy atom. The summed E-state index contributed by atoms with van der Waals surface area (Å²) in [6.45, 7) is 10.4. The molecule has 156 valence electrons. The van der Waals surface area contributed by atoms with E-state index in [-0.39, 0.29) is 11.7 Å². The van der Waals surface area contributed by atoms with Crippen LogP contribution in [0.4, 0.5) is 11.5 Å². The molecule has 0 spiro atoms. The van der Waals surface area contributed by atoms with E-state index in [1.165, 1.54) is 5.56 Å². The summed E-state index contributed by atoms with van der Waals surface area (Å²) >= 11 is 0. The number of nitrogens with one attached hydrogen (secondary N) is 1. The number of amides is 1. The predicted octanol–water partition coefficient (Wildman–Crippen LogP) is 6.08. The van der Waals surface area contributed by atoms with Gasteiger partial charge in [0.25, 0.3) is 5.91 Å². The second kappa shape index (κ2) is 8.99. The van der Waals surface area contributed by atoms with Crippen molar-refractivity contribution in [1.82, 2.24) is 4.98 Å². The molecule has 3 rings (SSSR count). The van der Waals surface area contributed by atoms with Crippen LogP contribution in [0.5, 0.6) is 11.5 Å². The van der Waals surface area contributed by atoms with Crippen molar-refractivity contribution in [2.24, 2.45) is 5.92 Å². The van der Waals surface area contributed by atoms with Crippen molar-refractivity contribution in [3.63, 3.8) is 0 Å². The molecule has 3 N–H and O–H groups in total. The van der Waals surface area contributed by atoms with Crippen molar-refractivity contribution in [3.05, 3.63) is 77.0 Å². The van der Waals surface area contributed by atoms with Gasteiger partial charge in [0, 0.05) is 11.4 Å². The number of aromatic nitrogens is 1. The maximum Gasteiger partial charge on any atom is 0.259 e. The van der Waals surface area contributed by atoms with Crippen LogP contribution in [-0.2, 0) is 0 Å². The maximum atomic E-state index is 12.5. The fourth-order valence-corrected chi connectivity index (χ4v) is 3.07. The van der Waals surface area contributed by atoms with Crippen molar-refractivity contribution >= 4 is 17.4 Å². The van der Waals surface area contributed by atoms with Crippen molar-refractivity contribution in [1.29, 1.82) is 0 Å². The van der Waals surface area contributed by atoms with Crippen LogP contribution in [0.25, 0.3) is 0 Å². The van der Waals surface area contributed by atoms with Gasteiger partial charge in [-0.3, -0.25) is 4.79 Å². The quantitative estimate of drug-likeness (QED) is 0.522. The Morgan fingerprint density at radius 1 is 0.967 bits per heavy atom. The highest BCUT2D eigenvalue weighted by molar-refractivity contribution is 6.07. The van der Waals surface area contributed by atoms with Gasteiger partial charge in [0.2, 0.25) is 0 Å². The Kier molecular flexibility index (Phi) is 6.40. The molecule has 5 heteroatoms. The van der Waals surface area contributed by atoms with Gasteiger partial charge in [-0.05, 0) is 79.3 Å². The van der Waals surface area contributed by atoms with Crippen LogP contribution in [0.1, 0.15) is 53.9 Å². The smallest absolute Gasteiger partial charge is 0.259 e. The summed E-state index contributed by atoms with van der Waals surface area (Å²) in [5, 5.41) is 2.85. The average molecular weight is 404 g/mol. The van der Waals surface area contributed by atoms with Crippen molar-refractivity contribution < 1.29 is 9.53 Å². The fourth-order valence-electron chi connectivity index (χ4n) is 3.07. The lowest BCUT2D eigenvalue weighted by Crippen LogP contribution is -2.15. The van der Waals surface area contributed by atoms with E-state index < -0.39 is 0 Å². The molecule has 0 saturated heterocycles. The number of aryl methyl sites for hydroxylation is 2. The molecule has 1 amide bonds. The monoisotopic (exact) mass is 403 g/mol. The van der Waals surface area contributed by atoms with Crippen molar-refractivity contribution in [2.75, 3.05) is 11.1 Å². The number of carbonyl (C=O) groups excluding carboxylic acids is 1. The molecule has 1 heterocycles. The number of rotatable bonds is 6. The highest BCUT2D eigenvalue weighted by Crippen LogP contribution is 2.28. The third kappa shape index (κ3) is 4.98. The topological polar surface area (TPSA) is 77.2 Å². The molecule has 0 bridgehead atoms. The van der Waals surface area contributed by atoms with Crippen LogP contribution in [0.15, 0.2) is 54.6 Å². The zero-order valence-corrected chi connectivity index (χ0v) is 18.2. The molecule has 0 fully saturated rings. The number of ether oxygens (including phenoxy) is 1. The summed E-state index contributed by atoms with van der Waals surface area (Å²) in [6.07, 6.45) is 0. The van der Waals surface area contributed by atoms with Crippen LogP contribution >= 0.6 is 0 Å². The van der Waals surface area contributed by atoms with Crippen LogP contribution in [0.2, 0.25) is 0 Å². The average Bonchev–Trinajstić information content (AvgIpc) is 2.72. The number of nitrogens with zero attached hydrogens (tertiary/aromatic N) is 1. The molecule has 3 aromatic rings. The standard InChI is InChI=1S/C25H29N3O2/c1-15(2)17(4)19-6-10-21(11-7-19)30-22-12-8-20(9-13-22)28-25(29)23-14-16(3)18(5)27-24(23)26/h6-15,17H,1-5H3,(H2,26,27)(H,28,29). The van der Waals surface area contributed by atoms with E-state index in [0.717, 1.165) is 17.0 Å². The van der Waals surface area contributed by atoms with E-state index >= 15 is 0 Å². The number of nitrogen functional groups attached to an aromatic ring is 1. The minimum absolute atomic E-state index is 0.228. The summed E-state index contributed by atoms with van der Waals surface area (Å²) in [5.74, 6) is 2.51. The maximum absolute atomic E-state index is 12.5. The third-order valence-electron chi connectivity index (χ3n) is 5.49. The zero-order valence-electron chi connectivity index (χ0n) is 18.2. The predicted molar refractivity (Wildman–Crippen MR) is 122 cm³/mol. The first-order valence-corrected chi connectivity index (χ1v) is 10.2. The van der Waals surface area contributed by atoms with E-state index in [1.807, 2.05) is 38.1 Å². The lowest BCUT2D eigenvalue weighted by molar-refractivity contribution is 0.102. The van der Waals surface area contributed by atoms with E-state index in [4.69, 9.17) is 10.5 Å². The lowest BCUT2D eigenvalue weighted by Gasteiger charge is -2.16. The van der Waals surface area contributed by atoms with Gasteiger partial charge in [-0.15, -0.1) is 0 Å². The van der Waals surface area contributed by atoms with E-state index in [2.05, 4.69) is 43.2 Å². The highest BCUT2D eigenvalue weighted by Gasteiger charge is 2.13. The molecular formula is C25H29N3O2. The number of benzene rings is 2. The molecule has 0 aliphatic carbocycles. The van der Waals surface area contributed by atoms with Crippen LogP contribution in [-0.4, -0.2) is 10.9 Å². The normalized spacial score (nSPS) is 11.9. The number of hydrogen-bond donors (Lipinski definition) is 2. The van der Waals surface area contributed by atoms with Gasteiger partial charge in [-0.2, -0.15) is 0 Å². The Labute approximate surface area is 178 Å². The molecule has 30 heavy (non-hydrogen) atoms. The van der Waals surface area contributed by atoms with E-state index in [0.29, 0.717) is 28.8 Å². The minimum atomic E-state index is -0.286. The Balaban J connectivity index is 1.65. The van der Waals surface area contributed by atoms with Crippen LogP contribution < -0.4 is 15.8 Å². The van der Waals surface area contributed by atoms with Gasteiger partial charge in [0.1, 0.15) is 17.3 Å². The minimum Gasteiger partial charge on any atom is -0.457 e. The summed E-state index contributed by atoms with van der Waals surface area (Å²) in [6, 6.07) is 17.2. The number of anilines is 2. The van der Waals surface area contributed by atoms with Gasteiger partial charge in [-0.25, -0.2) is 4.98 Å². The Morgan fingerprint density at radius 3 is 2.10 bits per heavy atom. The molecule has 1 atom stereocenters. The second-order valence-electron chi connectivity index (χ2n) is 8.01. The Hall–Kier alpha value is -3.34. The van der Waals surface area contributed by atoms with E-state index in [1.54, 1.807) is 18.2 Å². The fraction of sp³-hybridized carbons (Fsp3) is 0.280. The number of carbonyl (C=O) groups is 1. The molecule has 0 radical (unpaired) electrons. The van der Waals surface area contributed by atoms with Crippen molar-refractivity contribution in [3.8, 4) is 11.5 Å².